The van der Waals surface area contributed by atoms with Crippen molar-refractivity contribution in [1.29, 1.82) is 0 Å². The van der Waals surface area contributed by atoms with Crippen molar-refractivity contribution in [3.63, 3.8) is 0 Å². The maximum Gasteiger partial charge on any atom is 0.289 e. The number of hydrogen-bond donors (Lipinski definition) is 0. The Hall–Kier alpha value is -2.67. The molecule has 8 heteroatoms. The van der Waals surface area contributed by atoms with Crippen LogP contribution in [0.4, 0.5) is 0 Å². The normalized spacial score (nSPS) is 14.4. The summed E-state index contributed by atoms with van der Waals surface area (Å²) < 4.78 is 16.6. The van der Waals surface area contributed by atoms with Gasteiger partial charge in [-0.3, -0.25) is 9.69 Å². The SMILES string of the molecule is COc1ccc(OCc2ccc(C(=O)N3CCN(Cc4c(Cl)cccc4Cl)CC3)o2)cc1. The number of nitrogens with zero attached hydrogens (tertiary/aromatic N) is 2. The predicted octanol–water partition coefficient (Wildman–Crippen LogP) is 5.13. The van der Waals surface area contributed by atoms with Gasteiger partial charge in [-0.05, 0) is 48.5 Å². The first-order valence-corrected chi connectivity index (χ1v) is 11.1. The number of carbonyl (C=O) groups excluding carboxylic acids is 1. The van der Waals surface area contributed by atoms with Crippen molar-refractivity contribution in [2.45, 2.75) is 13.2 Å². The number of rotatable bonds is 7. The largest absolute Gasteiger partial charge is 0.497 e. The third-order valence-corrected chi connectivity index (χ3v) is 6.12. The zero-order chi connectivity index (χ0) is 22.5. The molecule has 1 aliphatic heterocycles. The minimum absolute atomic E-state index is 0.115. The van der Waals surface area contributed by atoms with Gasteiger partial charge in [-0.2, -0.15) is 0 Å². The van der Waals surface area contributed by atoms with Crippen LogP contribution in [0, 0.1) is 0 Å². The Morgan fingerprint density at radius 1 is 0.938 bits per heavy atom. The maximum atomic E-state index is 12.8. The van der Waals surface area contributed by atoms with Crippen molar-refractivity contribution >= 4 is 29.1 Å². The van der Waals surface area contributed by atoms with Gasteiger partial charge in [0.25, 0.3) is 5.91 Å². The number of ether oxygens (including phenoxy) is 2. The zero-order valence-corrected chi connectivity index (χ0v) is 19.2. The van der Waals surface area contributed by atoms with Crippen molar-refractivity contribution in [1.82, 2.24) is 9.80 Å². The van der Waals surface area contributed by atoms with E-state index in [1.54, 1.807) is 24.1 Å². The minimum Gasteiger partial charge on any atom is -0.497 e. The highest BCUT2D eigenvalue weighted by Gasteiger charge is 2.25. The molecule has 0 N–H and O–H groups in total. The van der Waals surface area contributed by atoms with Crippen LogP contribution in [0.25, 0.3) is 0 Å². The Balaban J connectivity index is 1.28. The second kappa shape index (κ2) is 10.3. The van der Waals surface area contributed by atoms with Gasteiger partial charge in [0.1, 0.15) is 23.9 Å². The van der Waals surface area contributed by atoms with E-state index >= 15 is 0 Å². The van der Waals surface area contributed by atoms with Gasteiger partial charge in [-0.15, -0.1) is 0 Å². The van der Waals surface area contributed by atoms with Gasteiger partial charge < -0.3 is 18.8 Å². The van der Waals surface area contributed by atoms with Gasteiger partial charge in [-0.25, -0.2) is 0 Å². The summed E-state index contributed by atoms with van der Waals surface area (Å²) in [6, 6.07) is 16.3. The first-order chi connectivity index (χ1) is 15.5. The van der Waals surface area contributed by atoms with Crippen molar-refractivity contribution in [2.75, 3.05) is 33.3 Å². The third-order valence-electron chi connectivity index (χ3n) is 5.42. The summed E-state index contributed by atoms with van der Waals surface area (Å²) in [5.41, 5.74) is 0.920. The fourth-order valence-corrected chi connectivity index (χ4v) is 4.09. The summed E-state index contributed by atoms with van der Waals surface area (Å²) in [6.07, 6.45) is 0. The fourth-order valence-electron chi connectivity index (χ4n) is 3.57. The van der Waals surface area contributed by atoms with Crippen LogP contribution in [0.2, 0.25) is 10.0 Å². The summed E-state index contributed by atoms with van der Waals surface area (Å²) in [6.45, 7) is 3.60. The highest BCUT2D eigenvalue weighted by molar-refractivity contribution is 6.35. The number of piperazine rings is 1. The smallest absolute Gasteiger partial charge is 0.289 e. The minimum atomic E-state index is -0.115. The van der Waals surface area contributed by atoms with Crippen molar-refractivity contribution in [3.8, 4) is 11.5 Å². The highest BCUT2D eigenvalue weighted by Crippen LogP contribution is 2.26. The summed E-state index contributed by atoms with van der Waals surface area (Å²) in [7, 11) is 1.62. The van der Waals surface area contributed by atoms with Crippen LogP contribution < -0.4 is 9.47 Å². The zero-order valence-electron chi connectivity index (χ0n) is 17.7. The molecule has 0 spiro atoms. The lowest BCUT2D eigenvalue weighted by Crippen LogP contribution is -2.48. The molecule has 0 bridgehead atoms. The van der Waals surface area contributed by atoms with E-state index in [2.05, 4.69) is 4.90 Å². The molecule has 0 atom stereocenters. The number of halogens is 2. The number of hydrogen-bond acceptors (Lipinski definition) is 5. The van der Waals surface area contributed by atoms with Crippen molar-refractivity contribution < 1.29 is 18.7 Å². The van der Waals surface area contributed by atoms with Gasteiger partial charge in [0.2, 0.25) is 0 Å². The van der Waals surface area contributed by atoms with Gasteiger partial charge >= 0.3 is 0 Å². The molecule has 32 heavy (non-hydrogen) atoms. The van der Waals surface area contributed by atoms with E-state index in [0.717, 1.165) is 24.4 Å². The molecule has 168 valence electrons. The third kappa shape index (κ3) is 5.38. The number of amides is 1. The first-order valence-electron chi connectivity index (χ1n) is 10.3. The molecule has 0 aliphatic carbocycles. The van der Waals surface area contributed by atoms with Gasteiger partial charge in [0.15, 0.2) is 5.76 Å². The molecule has 1 saturated heterocycles. The second-order valence-electron chi connectivity index (χ2n) is 7.50. The van der Waals surface area contributed by atoms with Crippen molar-refractivity contribution in [2.24, 2.45) is 0 Å². The summed E-state index contributed by atoms with van der Waals surface area (Å²) >= 11 is 12.6. The van der Waals surface area contributed by atoms with Crippen LogP contribution in [-0.2, 0) is 13.2 Å². The monoisotopic (exact) mass is 474 g/mol. The molecular formula is C24H24Cl2N2O4. The maximum absolute atomic E-state index is 12.8. The van der Waals surface area contributed by atoms with E-state index < -0.39 is 0 Å². The van der Waals surface area contributed by atoms with Crippen LogP contribution in [0.5, 0.6) is 11.5 Å². The molecule has 0 saturated carbocycles. The molecule has 1 aliphatic rings. The number of furan rings is 1. The molecule has 2 aromatic carbocycles. The predicted molar refractivity (Wildman–Crippen MR) is 124 cm³/mol. The van der Waals surface area contributed by atoms with Gasteiger partial charge in [-0.1, -0.05) is 29.3 Å². The average Bonchev–Trinajstić information content (AvgIpc) is 3.29. The van der Waals surface area contributed by atoms with E-state index in [1.807, 2.05) is 42.5 Å². The molecule has 1 fully saturated rings. The molecule has 2 heterocycles. The molecule has 6 nitrogen and oxygen atoms in total. The Morgan fingerprint density at radius 3 is 2.25 bits per heavy atom. The standard InChI is InChI=1S/C24H24Cl2N2O4/c1-30-17-5-7-18(8-6-17)31-16-19-9-10-23(32-19)24(29)28-13-11-27(12-14-28)15-20-21(25)3-2-4-22(20)26/h2-10H,11-16H2,1H3. The summed E-state index contributed by atoms with van der Waals surface area (Å²) in [5, 5.41) is 1.33. The van der Waals surface area contributed by atoms with Crippen molar-refractivity contribution in [3.05, 3.63) is 81.7 Å². The summed E-state index contributed by atoms with van der Waals surface area (Å²) in [5.74, 6) is 2.26. The molecule has 0 unspecified atom stereocenters. The Kier molecular flexibility index (Phi) is 7.25. The lowest BCUT2D eigenvalue weighted by atomic mass is 10.2. The van der Waals surface area contributed by atoms with Crippen LogP contribution in [0.3, 0.4) is 0 Å². The molecule has 4 rings (SSSR count). The van der Waals surface area contributed by atoms with Crippen LogP contribution in [-0.4, -0.2) is 49.0 Å². The molecule has 1 amide bonds. The first kappa shape index (κ1) is 22.5. The molecular weight excluding hydrogens is 451 g/mol. The second-order valence-corrected chi connectivity index (χ2v) is 8.31. The van der Waals surface area contributed by atoms with E-state index in [0.29, 0.717) is 46.9 Å². The Morgan fingerprint density at radius 2 is 1.59 bits per heavy atom. The van der Waals surface area contributed by atoms with E-state index in [9.17, 15) is 4.79 Å². The lowest BCUT2D eigenvalue weighted by molar-refractivity contribution is 0.0594. The fraction of sp³-hybridized carbons (Fsp3) is 0.292. The molecule has 0 radical (unpaired) electrons. The number of methoxy groups -OCH3 is 1. The van der Waals surface area contributed by atoms with Crippen LogP contribution >= 0.6 is 23.2 Å². The lowest BCUT2D eigenvalue weighted by Gasteiger charge is -2.34. The topological polar surface area (TPSA) is 55.2 Å². The Labute approximate surface area is 197 Å². The van der Waals surface area contributed by atoms with E-state index in [4.69, 9.17) is 37.1 Å². The summed E-state index contributed by atoms with van der Waals surface area (Å²) in [4.78, 5) is 16.9. The van der Waals surface area contributed by atoms with Crippen LogP contribution in [0.1, 0.15) is 21.9 Å². The van der Waals surface area contributed by atoms with E-state index in [-0.39, 0.29) is 12.5 Å². The molecule has 1 aromatic heterocycles. The molecule has 3 aromatic rings. The Bertz CT molecular complexity index is 1040. The highest BCUT2D eigenvalue weighted by atomic mass is 35.5. The average molecular weight is 475 g/mol. The number of carbonyl (C=O) groups is 1. The van der Waals surface area contributed by atoms with Gasteiger partial charge in [0, 0.05) is 48.3 Å². The van der Waals surface area contributed by atoms with Gasteiger partial charge in [0.05, 0.1) is 7.11 Å². The van der Waals surface area contributed by atoms with E-state index in [1.165, 1.54) is 0 Å². The quantitative estimate of drug-likeness (QED) is 0.474. The number of benzene rings is 2. The van der Waals surface area contributed by atoms with Crippen LogP contribution in [0.15, 0.2) is 59.0 Å².